The fourth-order valence-corrected chi connectivity index (χ4v) is 2.42. The van der Waals surface area contributed by atoms with E-state index in [0.29, 0.717) is 6.04 Å². The van der Waals surface area contributed by atoms with Crippen LogP contribution in [-0.4, -0.2) is 23.3 Å². The molecular formula is C12H21NO. The number of aliphatic hydroxyl groups is 1. The molecule has 2 nitrogen and oxygen atoms in total. The van der Waals surface area contributed by atoms with E-state index in [1.807, 2.05) is 13.8 Å². The van der Waals surface area contributed by atoms with Crippen molar-refractivity contribution in [2.24, 2.45) is 11.8 Å². The fraction of sp³-hybridized carbons (Fsp3) is 0.833. The van der Waals surface area contributed by atoms with Gasteiger partial charge in [-0.05, 0) is 38.0 Å². The van der Waals surface area contributed by atoms with Crippen molar-refractivity contribution in [3.05, 3.63) is 12.2 Å². The van der Waals surface area contributed by atoms with Crippen LogP contribution in [0.3, 0.4) is 0 Å². The Morgan fingerprint density at radius 1 is 1.57 bits per heavy atom. The van der Waals surface area contributed by atoms with Gasteiger partial charge in [0.2, 0.25) is 0 Å². The van der Waals surface area contributed by atoms with Crippen molar-refractivity contribution >= 4 is 0 Å². The Hall–Kier alpha value is -0.340. The maximum absolute atomic E-state index is 9.85. The normalized spacial score (nSPS) is 38.9. The van der Waals surface area contributed by atoms with E-state index in [2.05, 4.69) is 17.5 Å². The van der Waals surface area contributed by atoms with E-state index < -0.39 is 5.60 Å². The molecule has 80 valence electrons. The van der Waals surface area contributed by atoms with Crippen LogP contribution in [-0.2, 0) is 0 Å². The molecule has 0 aliphatic heterocycles. The van der Waals surface area contributed by atoms with Gasteiger partial charge in [0, 0.05) is 12.6 Å². The molecule has 2 heteroatoms. The first-order chi connectivity index (χ1) is 6.62. The summed E-state index contributed by atoms with van der Waals surface area (Å²) in [5, 5.41) is 13.3. The van der Waals surface area contributed by atoms with Gasteiger partial charge in [-0.25, -0.2) is 0 Å². The topological polar surface area (TPSA) is 32.3 Å². The fourth-order valence-electron chi connectivity index (χ4n) is 2.42. The molecule has 4 atom stereocenters. The van der Waals surface area contributed by atoms with Crippen LogP contribution in [0.15, 0.2) is 12.2 Å². The molecule has 0 amide bonds. The third-order valence-corrected chi connectivity index (χ3v) is 3.87. The maximum Gasteiger partial charge on any atom is 0.0741 e. The Morgan fingerprint density at radius 3 is 3.00 bits per heavy atom. The highest BCUT2D eigenvalue weighted by Crippen LogP contribution is 2.42. The Bertz CT molecular complexity index is 234. The second kappa shape index (κ2) is 3.67. The lowest BCUT2D eigenvalue weighted by atomic mass is 9.71. The smallest absolute Gasteiger partial charge is 0.0741 e. The van der Waals surface area contributed by atoms with E-state index in [9.17, 15) is 5.11 Å². The molecule has 0 bridgehead atoms. The van der Waals surface area contributed by atoms with Crippen molar-refractivity contribution in [1.82, 2.24) is 5.32 Å². The van der Waals surface area contributed by atoms with E-state index in [4.69, 9.17) is 0 Å². The third kappa shape index (κ3) is 1.86. The Kier molecular flexibility index (Phi) is 2.67. The zero-order valence-corrected chi connectivity index (χ0v) is 9.16. The first kappa shape index (κ1) is 10.2. The molecule has 2 aliphatic rings. The Morgan fingerprint density at radius 2 is 2.36 bits per heavy atom. The predicted molar refractivity (Wildman–Crippen MR) is 58.1 cm³/mol. The molecular weight excluding hydrogens is 174 g/mol. The summed E-state index contributed by atoms with van der Waals surface area (Å²) < 4.78 is 0. The van der Waals surface area contributed by atoms with Gasteiger partial charge in [0.25, 0.3) is 0 Å². The highest BCUT2D eigenvalue weighted by atomic mass is 16.3. The summed E-state index contributed by atoms with van der Waals surface area (Å²) in [6, 6.07) is 0.622. The van der Waals surface area contributed by atoms with Crippen molar-refractivity contribution in [3.8, 4) is 0 Å². The number of rotatable bonds is 4. The molecule has 0 aromatic heterocycles. The molecule has 0 aromatic carbocycles. The van der Waals surface area contributed by atoms with Crippen molar-refractivity contribution in [3.63, 3.8) is 0 Å². The second-order valence-electron chi connectivity index (χ2n) is 5.07. The second-order valence-corrected chi connectivity index (χ2v) is 5.07. The number of fused-ring (bicyclic) bond motifs is 1. The van der Waals surface area contributed by atoms with E-state index in [1.54, 1.807) is 0 Å². The van der Waals surface area contributed by atoms with Crippen molar-refractivity contribution in [2.45, 2.75) is 44.8 Å². The van der Waals surface area contributed by atoms with Crippen LogP contribution in [0.1, 0.15) is 33.1 Å². The molecule has 0 radical (unpaired) electrons. The third-order valence-electron chi connectivity index (χ3n) is 3.87. The van der Waals surface area contributed by atoms with Crippen LogP contribution in [0.2, 0.25) is 0 Å². The average Bonchev–Trinajstić information content (AvgIpc) is 2.48. The molecule has 14 heavy (non-hydrogen) atoms. The van der Waals surface area contributed by atoms with Gasteiger partial charge in [-0.3, -0.25) is 0 Å². The first-order valence-electron chi connectivity index (χ1n) is 5.75. The molecule has 4 unspecified atom stereocenters. The SMILES string of the molecule is CCC(C)(O)CNC1CC2CC=CC21. The monoisotopic (exact) mass is 195 g/mol. The summed E-state index contributed by atoms with van der Waals surface area (Å²) in [7, 11) is 0. The van der Waals surface area contributed by atoms with Crippen molar-refractivity contribution in [1.29, 1.82) is 0 Å². The van der Waals surface area contributed by atoms with Gasteiger partial charge in [-0.1, -0.05) is 19.1 Å². The van der Waals surface area contributed by atoms with Crippen LogP contribution in [0.5, 0.6) is 0 Å². The molecule has 0 heterocycles. The minimum absolute atomic E-state index is 0.534. The van der Waals surface area contributed by atoms with Gasteiger partial charge in [0.1, 0.15) is 0 Å². The lowest BCUT2D eigenvalue weighted by molar-refractivity contribution is 0.0401. The number of nitrogens with one attached hydrogen (secondary N) is 1. The van der Waals surface area contributed by atoms with Gasteiger partial charge in [-0.2, -0.15) is 0 Å². The summed E-state index contributed by atoms with van der Waals surface area (Å²) >= 11 is 0. The number of hydrogen-bond donors (Lipinski definition) is 2. The summed E-state index contributed by atoms with van der Waals surface area (Å²) in [5.74, 6) is 1.65. The maximum atomic E-state index is 9.85. The van der Waals surface area contributed by atoms with E-state index in [0.717, 1.165) is 24.8 Å². The van der Waals surface area contributed by atoms with Crippen molar-refractivity contribution < 1.29 is 5.11 Å². The molecule has 0 aromatic rings. The predicted octanol–water partition coefficient (Wildman–Crippen LogP) is 1.70. The molecule has 2 N–H and O–H groups in total. The van der Waals surface area contributed by atoms with Gasteiger partial charge in [0.15, 0.2) is 0 Å². The standard InChI is InChI=1S/C12H21NO/c1-3-12(2,14)8-13-11-7-9-5-4-6-10(9)11/h4,6,9-11,13-14H,3,5,7-8H2,1-2H3. The summed E-state index contributed by atoms with van der Waals surface area (Å²) in [4.78, 5) is 0. The molecule has 1 fully saturated rings. The quantitative estimate of drug-likeness (QED) is 0.669. The average molecular weight is 195 g/mol. The van der Waals surface area contributed by atoms with Gasteiger partial charge >= 0.3 is 0 Å². The van der Waals surface area contributed by atoms with Gasteiger partial charge < -0.3 is 10.4 Å². The lowest BCUT2D eigenvalue weighted by Crippen LogP contribution is -2.52. The highest BCUT2D eigenvalue weighted by molar-refractivity contribution is 5.13. The van der Waals surface area contributed by atoms with Crippen LogP contribution >= 0.6 is 0 Å². The first-order valence-corrected chi connectivity index (χ1v) is 5.75. The Labute approximate surface area is 86.4 Å². The molecule has 2 rings (SSSR count). The highest BCUT2D eigenvalue weighted by Gasteiger charge is 2.41. The van der Waals surface area contributed by atoms with E-state index >= 15 is 0 Å². The lowest BCUT2D eigenvalue weighted by Gasteiger charge is -2.42. The van der Waals surface area contributed by atoms with E-state index in [1.165, 1.54) is 12.8 Å². The van der Waals surface area contributed by atoms with Crippen LogP contribution < -0.4 is 5.32 Å². The summed E-state index contributed by atoms with van der Waals surface area (Å²) in [6.07, 6.45) is 8.02. The van der Waals surface area contributed by atoms with E-state index in [-0.39, 0.29) is 0 Å². The minimum Gasteiger partial charge on any atom is -0.389 e. The van der Waals surface area contributed by atoms with Crippen molar-refractivity contribution in [2.75, 3.05) is 6.54 Å². The zero-order chi connectivity index (χ0) is 10.2. The number of hydrogen-bond acceptors (Lipinski definition) is 2. The molecule has 2 aliphatic carbocycles. The molecule has 0 spiro atoms. The summed E-state index contributed by atoms with van der Waals surface area (Å²) in [5.41, 5.74) is -0.534. The van der Waals surface area contributed by atoms with Crippen LogP contribution in [0.4, 0.5) is 0 Å². The molecule has 1 saturated carbocycles. The zero-order valence-electron chi connectivity index (χ0n) is 9.16. The number of allylic oxidation sites excluding steroid dienone is 1. The summed E-state index contributed by atoms with van der Waals surface area (Å²) in [6.45, 7) is 4.66. The Balaban J connectivity index is 1.75. The van der Waals surface area contributed by atoms with Crippen LogP contribution in [0.25, 0.3) is 0 Å². The van der Waals surface area contributed by atoms with Gasteiger partial charge in [0.05, 0.1) is 5.60 Å². The van der Waals surface area contributed by atoms with Crippen LogP contribution in [0, 0.1) is 11.8 Å². The minimum atomic E-state index is -0.534. The largest absolute Gasteiger partial charge is 0.389 e. The molecule has 0 saturated heterocycles. The van der Waals surface area contributed by atoms with Gasteiger partial charge in [-0.15, -0.1) is 0 Å².